The Morgan fingerprint density at radius 1 is 1.18 bits per heavy atom. The summed E-state index contributed by atoms with van der Waals surface area (Å²) in [4.78, 5) is 0. The summed E-state index contributed by atoms with van der Waals surface area (Å²) in [5.41, 5.74) is 1.18. The predicted octanol–water partition coefficient (Wildman–Crippen LogP) is 5.96. The maximum atomic E-state index is 3.69. The first-order valence-corrected chi connectivity index (χ1v) is 8.40. The van der Waals surface area contributed by atoms with Crippen LogP contribution in [0, 0.1) is 5.92 Å². The van der Waals surface area contributed by atoms with Crippen molar-refractivity contribution in [1.82, 2.24) is 0 Å². The number of nitrogens with one attached hydrogen (secondary N) is 1. The molecule has 1 aliphatic carbocycles. The number of anilines is 1. The Kier molecular flexibility index (Phi) is 4.96. The van der Waals surface area contributed by atoms with Gasteiger partial charge < -0.3 is 5.32 Å². The van der Waals surface area contributed by atoms with Crippen molar-refractivity contribution in [2.24, 2.45) is 5.92 Å². The van der Waals surface area contributed by atoms with Gasteiger partial charge in [0.1, 0.15) is 0 Å². The highest BCUT2D eigenvalue weighted by atomic mass is 79.9. The summed E-state index contributed by atoms with van der Waals surface area (Å²) in [5, 5.41) is 3.69. The average Bonchev–Trinajstić information content (AvgIpc) is 2.70. The van der Waals surface area contributed by atoms with Gasteiger partial charge in [0.05, 0.1) is 5.69 Å². The Bertz CT molecular complexity index is 383. The number of benzene rings is 1. The molecule has 2 rings (SSSR count). The molecule has 1 saturated carbocycles. The third-order valence-corrected chi connectivity index (χ3v) is 5.23. The van der Waals surface area contributed by atoms with Crippen LogP contribution >= 0.6 is 47.8 Å². The van der Waals surface area contributed by atoms with Crippen LogP contribution in [0.25, 0.3) is 0 Å². The van der Waals surface area contributed by atoms with E-state index in [1.807, 2.05) is 0 Å². The van der Waals surface area contributed by atoms with Crippen LogP contribution in [0.3, 0.4) is 0 Å². The standard InChI is InChI=1S/C13H16Br3N/c1-2-8-4-3-5-12(8)17-13-10(15)6-9(14)7-11(13)16/h6-8,12,17H,2-5H2,1H3. The highest BCUT2D eigenvalue weighted by Crippen LogP contribution is 2.38. The number of halogens is 3. The third kappa shape index (κ3) is 3.27. The lowest BCUT2D eigenvalue weighted by Crippen LogP contribution is -2.23. The molecular formula is C13H16Br3N. The first-order chi connectivity index (χ1) is 8.11. The van der Waals surface area contributed by atoms with Crippen LogP contribution in [0.1, 0.15) is 32.6 Å². The van der Waals surface area contributed by atoms with Gasteiger partial charge in [-0.2, -0.15) is 0 Å². The zero-order valence-corrected chi connectivity index (χ0v) is 14.5. The van der Waals surface area contributed by atoms with Crippen molar-refractivity contribution >= 4 is 53.5 Å². The molecule has 1 fully saturated rings. The summed E-state index contributed by atoms with van der Waals surface area (Å²) in [6, 6.07) is 4.79. The molecule has 0 radical (unpaired) electrons. The molecule has 1 aromatic rings. The molecule has 1 nitrogen and oxygen atoms in total. The molecule has 0 bridgehead atoms. The van der Waals surface area contributed by atoms with Crippen LogP contribution < -0.4 is 5.32 Å². The molecule has 4 heteroatoms. The highest BCUT2D eigenvalue weighted by molar-refractivity contribution is 9.11. The van der Waals surface area contributed by atoms with Crippen molar-refractivity contribution in [1.29, 1.82) is 0 Å². The van der Waals surface area contributed by atoms with Gasteiger partial charge in [0, 0.05) is 19.5 Å². The Morgan fingerprint density at radius 3 is 2.41 bits per heavy atom. The van der Waals surface area contributed by atoms with Crippen molar-refractivity contribution in [2.75, 3.05) is 5.32 Å². The minimum atomic E-state index is 0.619. The molecule has 1 aromatic carbocycles. The second-order valence-corrected chi connectivity index (χ2v) is 7.22. The van der Waals surface area contributed by atoms with E-state index in [1.54, 1.807) is 0 Å². The van der Waals surface area contributed by atoms with Gasteiger partial charge in [-0.25, -0.2) is 0 Å². The quantitative estimate of drug-likeness (QED) is 0.629. The molecular weight excluding hydrogens is 410 g/mol. The monoisotopic (exact) mass is 423 g/mol. The fraction of sp³-hybridized carbons (Fsp3) is 0.538. The summed E-state index contributed by atoms with van der Waals surface area (Å²) in [6.45, 7) is 2.29. The van der Waals surface area contributed by atoms with Crippen LogP contribution in [0.15, 0.2) is 25.6 Å². The summed E-state index contributed by atoms with van der Waals surface area (Å²) in [5.74, 6) is 0.817. The van der Waals surface area contributed by atoms with Gasteiger partial charge in [0.2, 0.25) is 0 Å². The fourth-order valence-corrected chi connectivity index (χ4v) is 5.07. The van der Waals surface area contributed by atoms with Gasteiger partial charge in [-0.15, -0.1) is 0 Å². The summed E-state index contributed by atoms with van der Waals surface area (Å²) >= 11 is 10.7. The lowest BCUT2D eigenvalue weighted by molar-refractivity contribution is 0.489. The Labute approximate surface area is 128 Å². The molecule has 0 heterocycles. The number of hydrogen-bond acceptors (Lipinski definition) is 1. The van der Waals surface area contributed by atoms with Crippen LogP contribution in [-0.4, -0.2) is 6.04 Å². The molecule has 2 atom stereocenters. The number of rotatable bonds is 3. The average molecular weight is 426 g/mol. The first kappa shape index (κ1) is 13.9. The molecule has 0 amide bonds. The summed E-state index contributed by atoms with van der Waals surface area (Å²) in [6.07, 6.45) is 5.26. The molecule has 1 N–H and O–H groups in total. The lowest BCUT2D eigenvalue weighted by Gasteiger charge is -2.22. The molecule has 94 valence electrons. The molecule has 0 aliphatic heterocycles. The minimum absolute atomic E-state index is 0.619. The van der Waals surface area contributed by atoms with Gasteiger partial charge in [-0.1, -0.05) is 35.7 Å². The van der Waals surface area contributed by atoms with Crippen LogP contribution in [0.4, 0.5) is 5.69 Å². The van der Waals surface area contributed by atoms with Gasteiger partial charge in [0.15, 0.2) is 0 Å². The normalized spacial score (nSPS) is 24.0. The van der Waals surface area contributed by atoms with E-state index in [2.05, 4.69) is 72.2 Å². The Hall–Kier alpha value is 0.460. The van der Waals surface area contributed by atoms with E-state index in [4.69, 9.17) is 0 Å². The molecule has 0 aromatic heterocycles. The smallest absolute Gasteiger partial charge is 0.0632 e. The predicted molar refractivity (Wildman–Crippen MR) is 84.6 cm³/mol. The maximum Gasteiger partial charge on any atom is 0.0632 e. The second-order valence-electron chi connectivity index (χ2n) is 4.59. The summed E-state index contributed by atoms with van der Waals surface area (Å²) < 4.78 is 3.31. The van der Waals surface area contributed by atoms with E-state index in [0.29, 0.717) is 6.04 Å². The second kappa shape index (κ2) is 6.07. The topological polar surface area (TPSA) is 12.0 Å². The van der Waals surface area contributed by atoms with E-state index < -0.39 is 0 Å². The minimum Gasteiger partial charge on any atom is -0.380 e. The Morgan fingerprint density at radius 2 is 1.82 bits per heavy atom. The maximum absolute atomic E-state index is 3.69. The molecule has 0 spiro atoms. The van der Waals surface area contributed by atoms with Crippen molar-refractivity contribution < 1.29 is 0 Å². The van der Waals surface area contributed by atoms with Crippen molar-refractivity contribution in [2.45, 2.75) is 38.6 Å². The van der Waals surface area contributed by atoms with Crippen LogP contribution in [0.5, 0.6) is 0 Å². The fourth-order valence-electron chi connectivity index (χ4n) is 2.58. The van der Waals surface area contributed by atoms with E-state index in [-0.39, 0.29) is 0 Å². The van der Waals surface area contributed by atoms with E-state index >= 15 is 0 Å². The van der Waals surface area contributed by atoms with Crippen molar-refractivity contribution in [3.8, 4) is 0 Å². The molecule has 17 heavy (non-hydrogen) atoms. The first-order valence-electron chi connectivity index (χ1n) is 6.03. The number of hydrogen-bond donors (Lipinski definition) is 1. The summed E-state index contributed by atoms with van der Waals surface area (Å²) in [7, 11) is 0. The van der Waals surface area contributed by atoms with Gasteiger partial charge >= 0.3 is 0 Å². The van der Waals surface area contributed by atoms with E-state index in [9.17, 15) is 0 Å². The Balaban J connectivity index is 2.18. The molecule has 2 unspecified atom stereocenters. The van der Waals surface area contributed by atoms with Gasteiger partial charge in [-0.05, 0) is 62.8 Å². The molecule has 1 aliphatic rings. The van der Waals surface area contributed by atoms with Crippen molar-refractivity contribution in [3.63, 3.8) is 0 Å². The SMILES string of the molecule is CCC1CCCC1Nc1c(Br)cc(Br)cc1Br. The van der Waals surface area contributed by atoms with E-state index in [1.165, 1.54) is 31.4 Å². The molecule has 0 saturated heterocycles. The lowest BCUT2D eigenvalue weighted by atomic mass is 10.0. The van der Waals surface area contributed by atoms with Crippen LogP contribution in [0.2, 0.25) is 0 Å². The van der Waals surface area contributed by atoms with Gasteiger partial charge in [-0.3, -0.25) is 0 Å². The highest BCUT2D eigenvalue weighted by Gasteiger charge is 2.26. The van der Waals surface area contributed by atoms with E-state index in [0.717, 1.165) is 19.3 Å². The third-order valence-electron chi connectivity index (χ3n) is 3.52. The zero-order chi connectivity index (χ0) is 12.4. The zero-order valence-electron chi connectivity index (χ0n) is 9.77. The van der Waals surface area contributed by atoms with Gasteiger partial charge in [0.25, 0.3) is 0 Å². The largest absolute Gasteiger partial charge is 0.380 e. The van der Waals surface area contributed by atoms with Crippen molar-refractivity contribution in [3.05, 3.63) is 25.6 Å². The van der Waals surface area contributed by atoms with Crippen LogP contribution in [-0.2, 0) is 0 Å².